The zero-order valence-electron chi connectivity index (χ0n) is 14.4. The van der Waals surface area contributed by atoms with Crippen molar-refractivity contribution in [2.75, 3.05) is 11.9 Å². The average Bonchev–Trinajstić information content (AvgIpc) is 3.45. The van der Waals surface area contributed by atoms with Crippen LogP contribution in [-0.2, 0) is 4.79 Å². The fourth-order valence-corrected chi connectivity index (χ4v) is 3.14. The monoisotopic (exact) mass is 373 g/mol. The minimum Gasteiger partial charge on any atom is -0.319 e. The number of nitro groups is 1. The number of benzene rings is 2. The summed E-state index contributed by atoms with van der Waals surface area (Å²) in [6.07, 6.45) is 2.10. The maximum Gasteiger partial charge on any atom is 0.292 e. The van der Waals surface area contributed by atoms with Gasteiger partial charge < -0.3 is 5.32 Å². The highest BCUT2D eigenvalue weighted by Gasteiger charge is 2.34. The van der Waals surface area contributed by atoms with Gasteiger partial charge in [-0.15, -0.1) is 0 Å². The molecule has 2 aromatic rings. The number of anilines is 1. The number of rotatable bonds is 7. The molecule has 0 spiro atoms. The SMILES string of the molecule is CC(c1ccc(Cl)cc1)N(CC(=O)Nc1ccccc1[N+](=O)[O-])C1CC1. The van der Waals surface area contributed by atoms with Crippen LogP contribution in [0.1, 0.15) is 31.4 Å². The highest BCUT2D eigenvalue weighted by molar-refractivity contribution is 6.30. The molecule has 1 aliphatic rings. The molecule has 0 heterocycles. The van der Waals surface area contributed by atoms with Gasteiger partial charge in [-0.1, -0.05) is 35.9 Å². The Morgan fingerprint density at radius 1 is 1.27 bits per heavy atom. The Morgan fingerprint density at radius 2 is 1.92 bits per heavy atom. The number of nitrogens with one attached hydrogen (secondary N) is 1. The standard InChI is InChI=1S/C19H20ClN3O3/c1-13(14-6-8-15(20)9-7-14)22(16-10-11-16)12-19(24)21-17-4-2-3-5-18(17)23(25)26/h2-9,13,16H,10-12H2,1H3,(H,21,24). The third-order valence-electron chi connectivity index (χ3n) is 4.57. The third kappa shape index (κ3) is 4.39. The van der Waals surface area contributed by atoms with Crippen molar-refractivity contribution in [2.24, 2.45) is 0 Å². The molecule has 2 aromatic carbocycles. The lowest BCUT2D eigenvalue weighted by molar-refractivity contribution is -0.383. The normalized spacial score (nSPS) is 14.9. The first-order valence-corrected chi connectivity index (χ1v) is 8.88. The predicted octanol–water partition coefficient (Wildman–Crippen LogP) is 4.41. The van der Waals surface area contributed by atoms with Crippen molar-refractivity contribution in [3.05, 3.63) is 69.2 Å². The van der Waals surface area contributed by atoms with Crippen molar-refractivity contribution in [2.45, 2.75) is 31.8 Å². The van der Waals surface area contributed by atoms with Crippen LogP contribution in [0.4, 0.5) is 11.4 Å². The summed E-state index contributed by atoms with van der Waals surface area (Å²) in [6.45, 7) is 2.24. The zero-order chi connectivity index (χ0) is 18.7. The number of carbonyl (C=O) groups is 1. The van der Waals surface area contributed by atoms with Gasteiger partial charge in [-0.3, -0.25) is 19.8 Å². The van der Waals surface area contributed by atoms with E-state index in [-0.39, 0.29) is 29.9 Å². The van der Waals surface area contributed by atoms with Gasteiger partial charge in [0.2, 0.25) is 5.91 Å². The molecule has 1 aliphatic carbocycles. The van der Waals surface area contributed by atoms with E-state index >= 15 is 0 Å². The van der Waals surface area contributed by atoms with Crippen LogP contribution in [0.15, 0.2) is 48.5 Å². The van der Waals surface area contributed by atoms with Crippen LogP contribution in [0.3, 0.4) is 0 Å². The predicted molar refractivity (Wildman–Crippen MR) is 101 cm³/mol. The van der Waals surface area contributed by atoms with Gasteiger partial charge in [-0.25, -0.2) is 0 Å². The average molecular weight is 374 g/mol. The van der Waals surface area contributed by atoms with Gasteiger partial charge in [-0.2, -0.15) is 0 Å². The van der Waals surface area contributed by atoms with Crippen LogP contribution in [0.5, 0.6) is 0 Å². The number of para-hydroxylation sites is 2. The number of hydrogen-bond donors (Lipinski definition) is 1. The Balaban J connectivity index is 1.71. The number of halogens is 1. The second kappa shape index (κ2) is 7.85. The molecule has 26 heavy (non-hydrogen) atoms. The second-order valence-electron chi connectivity index (χ2n) is 6.45. The van der Waals surface area contributed by atoms with E-state index in [1.807, 2.05) is 24.3 Å². The second-order valence-corrected chi connectivity index (χ2v) is 6.89. The first-order valence-electron chi connectivity index (χ1n) is 8.50. The summed E-state index contributed by atoms with van der Waals surface area (Å²) in [4.78, 5) is 25.3. The van der Waals surface area contributed by atoms with Crippen LogP contribution in [0.25, 0.3) is 0 Å². The largest absolute Gasteiger partial charge is 0.319 e. The summed E-state index contributed by atoms with van der Waals surface area (Å²) in [7, 11) is 0. The van der Waals surface area contributed by atoms with E-state index in [2.05, 4.69) is 17.1 Å². The van der Waals surface area contributed by atoms with Gasteiger partial charge in [0.15, 0.2) is 0 Å². The minimum absolute atomic E-state index is 0.0521. The van der Waals surface area contributed by atoms with Crippen LogP contribution < -0.4 is 5.32 Å². The lowest BCUT2D eigenvalue weighted by Crippen LogP contribution is -2.37. The van der Waals surface area contributed by atoms with E-state index in [1.54, 1.807) is 18.2 Å². The van der Waals surface area contributed by atoms with Gasteiger partial charge in [-0.05, 0) is 43.5 Å². The molecule has 0 bridgehead atoms. The molecule has 1 N–H and O–H groups in total. The Hall–Kier alpha value is -2.44. The number of nitrogens with zero attached hydrogens (tertiary/aromatic N) is 2. The molecule has 3 rings (SSSR count). The van der Waals surface area contributed by atoms with Crippen LogP contribution in [-0.4, -0.2) is 28.3 Å². The molecule has 1 fully saturated rings. The first-order chi connectivity index (χ1) is 12.5. The maximum absolute atomic E-state index is 12.5. The maximum atomic E-state index is 12.5. The van der Waals surface area contributed by atoms with Crippen molar-refractivity contribution in [3.63, 3.8) is 0 Å². The number of hydrogen-bond acceptors (Lipinski definition) is 4. The lowest BCUT2D eigenvalue weighted by Gasteiger charge is -2.29. The molecule has 0 saturated heterocycles. The minimum atomic E-state index is -0.495. The highest BCUT2D eigenvalue weighted by atomic mass is 35.5. The summed E-state index contributed by atoms with van der Waals surface area (Å²) in [5, 5.41) is 14.4. The summed E-state index contributed by atoms with van der Waals surface area (Å²) in [5.41, 5.74) is 1.20. The van der Waals surface area contributed by atoms with E-state index in [4.69, 9.17) is 11.6 Å². The Labute approximate surface area is 156 Å². The Bertz CT molecular complexity index is 806. The molecule has 6 nitrogen and oxygen atoms in total. The summed E-state index contributed by atoms with van der Waals surface area (Å²) < 4.78 is 0. The van der Waals surface area contributed by atoms with Crippen LogP contribution >= 0.6 is 11.6 Å². The molecule has 1 unspecified atom stereocenters. The van der Waals surface area contributed by atoms with E-state index in [9.17, 15) is 14.9 Å². The molecule has 1 amide bonds. The van der Waals surface area contributed by atoms with Crippen LogP contribution in [0.2, 0.25) is 5.02 Å². The third-order valence-corrected chi connectivity index (χ3v) is 4.82. The van der Waals surface area contributed by atoms with Crippen molar-refractivity contribution >= 4 is 28.9 Å². The van der Waals surface area contributed by atoms with Crippen molar-refractivity contribution < 1.29 is 9.72 Å². The molecular weight excluding hydrogens is 354 g/mol. The quantitative estimate of drug-likeness (QED) is 0.576. The molecule has 0 aromatic heterocycles. The topological polar surface area (TPSA) is 75.5 Å². The van der Waals surface area contributed by atoms with Gasteiger partial charge in [0.05, 0.1) is 11.5 Å². The summed E-state index contributed by atoms with van der Waals surface area (Å²) in [6, 6.07) is 14.2. The highest BCUT2D eigenvalue weighted by Crippen LogP contribution is 2.34. The molecule has 0 radical (unpaired) electrons. The molecular formula is C19H20ClN3O3. The van der Waals surface area contributed by atoms with Gasteiger partial charge in [0.1, 0.15) is 5.69 Å². The molecule has 1 atom stereocenters. The van der Waals surface area contributed by atoms with Gasteiger partial charge in [0.25, 0.3) is 5.69 Å². The van der Waals surface area contributed by atoms with E-state index in [0.29, 0.717) is 11.1 Å². The smallest absolute Gasteiger partial charge is 0.292 e. The van der Waals surface area contributed by atoms with Gasteiger partial charge in [0, 0.05) is 23.2 Å². The molecule has 1 saturated carbocycles. The number of nitro benzene ring substituents is 1. The van der Waals surface area contributed by atoms with E-state index in [1.165, 1.54) is 6.07 Å². The number of amides is 1. The van der Waals surface area contributed by atoms with Crippen molar-refractivity contribution in [3.8, 4) is 0 Å². The zero-order valence-corrected chi connectivity index (χ0v) is 15.1. The molecule has 7 heteroatoms. The fraction of sp³-hybridized carbons (Fsp3) is 0.316. The summed E-state index contributed by atoms with van der Waals surface area (Å²) >= 11 is 5.95. The van der Waals surface area contributed by atoms with E-state index < -0.39 is 4.92 Å². The van der Waals surface area contributed by atoms with Gasteiger partial charge >= 0.3 is 0 Å². The summed E-state index contributed by atoms with van der Waals surface area (Å²) in [5.74, 6) is -0.257. The Morgan fingerprint density at radius 3 is 2.54 bits per heavy atom. The fourth-order valence-electron chi connectivity index (χ4n) is 3.02. The van der Waals surface area contributed by atoms with Crippen LogP contribution in [0, 0.1) is 10.1 Å². The molecule has 0 aliphatic heterocycles. The molecule has 136 valence electrons. The van der Waals surface area contributed by atoms with E-state index in [0.717, 1.165) is 18.4 Å². The first kappa shape index (κ1) is 18.4. The lowest BCUT2D eigenvalue weighted by atomic mass is 10.1. The number of carbonyl (C=O) groups excluding carboxylic acids is 1. The van der Waals surface area contributed by atoms with Crippen molar-refractivity contribution in [1.82, 2.24) is 4.90 Å². The van der Waals surface area contributed by atoms with Crippen molar-refractivity contribution in [1.29, 1.82) is 0 Å². The Kier molecular flexibility index (Phi) is 5.54.